The molecule has 0 bridgehead atoms. The first-order valence-electron chi connectivity index (χ1n) is 24.0. The number of aliphatic hydroxyl groups excluding tert-OH is 6. The van der Waals surface area contributed by atoms with Crippen LogP contribution in [-0.4, -0.2) is 98.7 Å². The fraction of sp³-hybridized carbons (Fsp3) is 0.816. The number of carbonyl (C=O) groups is 1. The molecule has 0 aromatic carbocycles. The number of ether oxygens (including phenoxy) is 2. The van der Waals surface area contributed by atoms with Crippen molar-refractivity contribution in [1.82, 2.24) is 5.32 Å². The van der Waals surface area contributed by atoms with Crippen LogP contribution in [0, 0.1) is 0 Å². The summed E-state index contributed by atoms with van der Waals surface area (Å²) in [6.45, 7) is 3.53. The molecule has 1 amide bonds. The summed E-state index contributed by atoms with van der Waals surface area (Å²) >= 11 is 0. The van der Waals surface area contributed by atoms with Gasteiger partial charge in [0.05, 0.1) is 25.4 Å². The van der Waals surface area contributed by atoms with Crippen molar-refractivity contribution in [3.8, 4) is 0 Å². The molecular weight excluding hydrogens is 747 g/mol. The Labute approximate surface area is 359 Å². The number of nitrogens with one attached hydrogen (secondary N) is 1. The van der Waals surface area contributed by atoms with Crippen LogP contribution in [0.3, 0.4) is 0 Å². The first-order valence-corrected chi connectivity index (χ1v) is 24.0. The van der Waals surface area contributed by atoms with Gasteiger partial charge < -0.3 is 45.4 Å². The topological polar surface area (TPSA) is 169 Å². The van der Waals surface area contributed by atoms with E-state index in [-0.39, 0.29) is 6.61 Å². The highest BCUT2D eigenvalue weighted by Gasteiger charge is 2.44. The highest BCUT2D eigenvalue weighted by molar-refractivity contribution is 5.80. The Bertz CT molecular complexity index is 1080. The molecule has 0 radical (unpaired) electrons. The molecule has 1 aliphatic rings. The minimum atomic E-state index is -1.62. The molecular formula is C49H89NO9. The molecule has 1 rings (SSSR count). The van der Waals surface area contributed by atoms with Crippen molar-refractivity contribution in [2.24, 2.45) is 0 Å². The van der Waals surface area contributed by atoms with E-state index >= 15 is 0 Å². The van der Waals surface area contributed by atoms with Gasteiger partial charge in [0.25, 0.3) is 0 Å². The predicted molar refractivity (Wildman–Crippen MR) is 241 cm³/mol. The number of carbonyl (C=O) groups excluding carboxylic acids is 1. The zero-order valence-electron chi connectivity index (χ0n) is 37.4. The first kappa shape index (κ1) is 55.1. The van der Waals surface area contributed by atoms with Gasteiger partial charge in [0.2, 0.25) is 5.91 Å². The van der Waals surface area contributed by atoms with E-state index in [1.165, 1.54) is 109 Å². The highest BCUT2D eigenvalue weighted by Crippen LogP contribution is 2.22. The van der Waals surface area contributed by atoms with Crippen molar-refractivity contribution in [1.29, 1.82) is 0 Å². The first-order chi connectivity index (χ1) is 28.8. The lowest BCUT2D eigenvalue weighted by Crippen LogP contribution is -2.60. The number of hydrogen-bond donors (Lipinski definition) is 7. The van der Waals surface area contributed by atoms with Gasteiger partial charge in [0, 0.05) is 0 Å². The van der Waals surface area contributed by atoms with Gasteiger partial charge in [-0.25, -0.2) is 0 Å². The van der Waals surface area contributed by atoms with Crippen molar-refractivity contribution in [2.45, 2.75) is 243 Å². The zero-order valence-corrected chi connectivity index (χ0v) is 37.4. The minimum absolute atomic E-state index is 0.292. The molecule has 0 spiro atoms. The minimum Gasteiger partial charge on any atom is -0.394 e. The molecule has 0 aromatic heterocycles. The largest absolute Gasteiger partial charge is 0.394 e. The maximum absolute atomic E-state index is 13.0. The molecule has 1 heterocycles. The van der Waals surface area contributed by atoms with Crippen molar-refractivity contribution in [2.75, 3.05) is 13.2 Å². The van der Waals surface area contributed by atoms with Crippen molar-refractivity contribution in [3.63, 3.8) is 0 Å². The van der Waals surface area contributed by atoms with Crippen molar-refractivity contribution in [3.05, 3.63) is 48.6 Å². The summed E-state index contributed by atoms with van der Waals surface area (Å²) in [5.74, 6) is -0.637. The normalized spacial score (nSPS) is 21.7. The third-order valence-electron chi connectivity index (χ3n) is 11.2. The van der Waals surface area contributed by atoms with Crippen molar-refractivity contribution < 1.29 is 44.9 Å². The molecule has 8 atom stereocenters. The molecule has 10 heteroatoms. The number of hydrogen-bond acceptors (Lipinski definition) is 9. The van der Waals surface area contributed by atoms with E-state index in [1.807, 2.05) is 6.08 Å². The average Bonchev–Trinajstić information content (AvgIpc) is 3.23. The lowest BCUT2D eigenvalue weighted by molar-refractivity contribution is -0.302. The van der Waals surface area contributed by atoms with Crippen LogP contribution in [-0.2, 0) is 14.3 Å². The SMILES string of the molecule is CCCC/C=C/CC/C=C/CC/C=C/C(O)C(COC1OC(CO)C(O)C(O)C1O)NC(=O)C(O)CCCCCCCC/C=C\CCCCCCCCCCCCCC. The Kier molecular flexibility index (Phi) is 36.4. The molecule has 344 valence electrons. The number of aliphatic hydroxyl groups is 6. The van der Waals surface area contributed by atoms with Crippen LogP contribution in [0.2, 0.25) is 0 Å². The van der Waals surface area contributed by atoms with E-state index < -0.39 is 61.5 Å². The van der Waals surface area contributed by atoms with Gasteiger partial charge in [-0.05, 0) is 64.2 Å². The third kappa shape index (κ3) is 29.1. The smallest absolute Gasteiger partial charge is 0.249 e. The Balaban J connectivity index is 2.36. The molecule has 0 aromatic rings. The van der Waals surface area contributed by atoms with Crippen LogP contribution >= 0.6 is 0 Å². The monoisotopic (exact) mass is 836 g/mol. The number of unbranched alkanes of at least 4 members (excludes halogenated alkanes) is 22. The molecule has 1 fully saturated rings. The fourth-order valence-electron chi connectivity index (χ4n) is 7.23. The quantitative estimate of drug-likeness (QED) is 0.0236. The molecule has 1 saturated heterocycles. The van der Waals surface area contributed by atoms with Crippen LogP contribution < -0.4 is 5.32 Å². The van der Waals surface area contributed by atoms with E-state index in [0.29, 0.717) is 19.3 Å². The summed E-state index contributed by atoms with van der Waals surface area (Å²) in [5, 5.41) is 64.6. The Morgan fingerprint density at radius 2 is 1.02 bits per heavy atom. The van der Waals surface area contributed by atoms with Gasteiger partial charge >= 0.3 is 0 Å². The van der Waals surface area contributed by atoms with Gasteiger partial charge in [0.1, 0.15) is 30.5 Å². The molecule has 1 aliphatic heterocycles. The summed E-state index contributed by atoms with van der Waals surface area (Å²) in [7, 11) is 0. The van der Waals surface area contributed by atoms with Crippen LogP contribution in [0.5, 0.6) is 0 Å². The Morgan fingerprint density at radius 3 is 1.53 bits per heavy atom. The molecule has 0 saturated carbocycles. The van der Waals surface area contributed by atoms with Crippen LogP contribution in [0.15, 0.2) is 48.6 Å². The van der Waals surface area contributed by atoms with Gasteiger partial charge in [-0.1, -0.05) is 178 Å². The standard InChI is InChI=1S/C49H89NO9/c1-3-5-7-9-11-13-15-17-18-19-20-21-22-23-24-25-26-28-30-32-34-36-38-43(53)48(57)50-41(40-58-49-47(56)46(55)45(54)44(39-51)59-49)42(52)37-35-33-31-29-27-16-14-12-10-8-6-4-2/h10,12,23-24,27,29,35,37,41-47,49,51-56H,3-9,11,13-22,25-26,28,30-34,36,38-40H2,1-2H3,(H,50,57)/b12-10+,24-23-,29-27+,37-35+. The van der Waals surface area contributed by atoms with Gasteiger partial charge in [-0.2, -0.15) is 0 Å². The number of rotatable bonds is 39. The van der Waals surface area contributed by atoms with Crippen molar-refractivity contribution >= 4 is 5.91 Å². The Hall–Kier alpha value is -1.89. The predicted octanol–water partition coefficient (Wildman–Crippen LogP) is 9.20. The van der Waals surface area contributed by atoms with Gasteiger partial charge in [0.15, 0.2) is 6.29 Å². The second kappa shape index (κ2) is 39.0. The average molecular weight is 836 g/mol. The van der Waals surface area contributed by atoms with Gasteiger partial charge in [-0.15, -0.1) is 0 Å². The fourth-order valence-corrected chi connectivity index (χ4v) is 7.23. The number of amides is 1. The second-order valence-corrected chi connectivity index (χ2v) is 16.7. The van der Waals surface area contributed by atoms with Crippen LogP contribution in [0.25, 0.3) is 0 Å². The number of allylic oxidation sites excluding steroid dienone is 7. The van der Waals surface area contributed by atoms with E-state index in [1.54, 1.807) is 6.08 Å². The van der Waals surface area contributed by atoms with Gasteiger partial charge in [-0.3, -0.25) is 4.79 Å². The summed E-state index contributed by atoms with van der Waals surface area (Å²) in [4.78, 5) is 13.0. The summed E-state index contributed by atoms with van der Waals surface area (Å²) in [6, 6.07) is -1.01. The summed E-state index contributed by atoms with van der Waals surface area (Å²) in [6.07, 6.45) is 39.2. The molecule has 7 N–H and O–H groups in total. The summed E-state index contributed by atoms with van der Waals surface area (Å²) in [5.41, 5.74) is 0. The van der Waals surface area contributed by atoms with Crippen LogP contribution in [0.1, 0.15) is 194 Å². The molecule has 10 nitrogen and oxygen atoms in total. The molecule has 0 aliphatic carbocycles. The van der Waals surface area contributed by atoms with E-state index in [4.69, 9.17) is 9.47 Å². The molecule has 8 unspecified atom stereocenters. The Morgan fingerprint density at radius 1 is 0.576 bits per heavy atom. The zero-order chi connectivity index (χ0) is 43.2. The van der Waals surface area contributed by atoms with Crippen LogP contribution in [0.4, 0.5) is 0 Å². The highest BCUT2D eigenvalue weighted by atomic mass is 16.7. The maximum atomic E-state index is 13.0. The van der Waals surface area contributed by atoms with E-state index in [2.05, 4.69) is 55.6 Å². The lowest BCUT2D eigenvalue weighted by atomic mass is 9.99. The van der Waals surface area contributed by atoms with E-state index in [0.717, 1.165) is 51.4 Å². The lowest BCUT2D eigenvalue weighted by Gasteiger charge is -2.40. The second-order valence-electron chi connectivity index (χ2n) is 16.7. The maximum Gasteiger partial charge on any atom is 0.249 e. The van der Waals surface area contributed by atoms with E-state index in [9.17, 15) is 35.4 Å². The molecule has 59 heavy (non-hydrogen) atoms. The summed E-state index contributed by atoms with van der Waals surface area (Å²) < 4.78 is 11.1. The third-order valence-corrected chi connectivity index (χ3v) is 11.2.